The van der Waals surface area contributed by atoms with E-state index >= 15 is 0 Å². The molecule has 138 valence electrons. The number of hydrogen-bond donors (Lipinski definition) is 2. The highest BCUT2D eigenvalue weighted by Crippen LogP contribution is 2.46. The van der Waals surface area contributed by atoms with Crippen LogP contribution in [0.25, 0.3) is 0 Å². The molecule has 0 spiro atoms. The number of benzene rings is 1. The maximum absolute atomic E-state index is 13.7. The molecule has 2 saturated heterocycles. The summed E-state index contributed by atoms with van der Waals surface area (Å²) in [5.74, 6) is -3.51. The SMILES string of the molecule is CSc1c(F)cc(NC(=O)N[C@@H]2[C@@H](C(F)(F)F)[C@@H]3CC[C@H]2O3)cc1F. The van der Waals surface area contributed by atoms with Crippen LogP contribution in [0.2, 0.25) is 0 Å². The lowest BCUT2D eigenvalue weighted by molar-refractivity contribution is -0.189. The maximum Gasteiger partial charge on any atom is 0.396 e. The van der Waals surface area contributed by atoms with Crippen molar-refractivity contribution in [1.29, 1.82) is 0 Å². The van der Waals surface area contributed by atoms with Crippen molar-refractivity contribution in [2.45, 2.75) is 42.2 Å². The van der Waals surface area contributed by atoms with Crippen molar-refractivity contribution in [2.24, 2.45) is 5.92 Å². The quantitative estimate of drug-likeness (QED) is 0.616. The Morgan fingerprint density at radius 1 is 1.20 bits per heavy atom. The fourth-order valence-electron chi connectivity index (χ4n) is 3.42. The van der Waals surface area contributed by atoms with Crippen molar-refractivity contribution in [3.63, 3.8) is 0 Å². The second-order valence-electron chi connectivity index (χ2n) is 5.96. The number of carbonyl (C=O) groups is 1. The minimum absolute atomic E-state index is 0.182. The number of amides is 2. The van der Waals surface area contributed by atoms with E-state index in [4.69, 9.17) is 4.74 Å². The van der Waals surface area contributed by atoms with Crippen molar-refractivity contribution < 1.29 is 31.5 Å². The molecule has 25 heavy (non-hydrogen) atoms. The molecule has 0 unspecified atom stereocenters. The molecule has 2 bridgehead atoms. The first-order valence-electron chi connectivity index (χ1n) is 7.53. The zero-order valence-electron chi connectivity index (χ0n) is 13.0. The third-order valence-electron chi connectivity index (χ3n) is 4.41. The Morgan fingerprint density at radius 2 is 1.80 bits per heavy atom. The molecular formula is C15H15F5N2O2S. The predicted octanol–water partition coefficient (Wildman–Crippen LogP) is 3.92. The van der Waals surface area contributed by atoms with Gasteiger partial charge in [-0.1, -0.05) is 0 Å². The van der Waals surface area contributed by atoms with Crippen LogP contribution in [0, 0.1) is 17.6 Å². The van der Waals surface area contributed by atoms with Gasteiger partial charge in [-0.05, 0) is 31.2 Å². The van der Waals surface area contributed by atoms with E-state index in [0.29, 0.717) is 12.8 Å². The first kappa shape index (κ1) is 18.2. The third-order valence-corrected chi connectivity index (χ3v) is 5.21. The topological polar surface area (TPSA) is 50.4 Å². The summed E-state index contributed by atoms with van der Waals surface area (Å²) in [5, 5.41) is 4.41. The summed E-state index contributed by atoms with van der Waals surface area (Å²) in [5.41, 5.74) is -0.182. The Balaban J connectivity index is 1.70. The molecule has 1 aromatic carbocycles. The highest BCUT2D eigenvalue weighted by molar-refractivity contribution is 7.98. The third kappa shape index (κ3) is 3.55. The van der Waals surface area contributed by atoms with E-state index in [9.17, 15) is 26.7 Å². The van der Waals surface area contributed by atoms with E-state index in [2.05, 4.69) is 10.6 Å². The van der Waals surface area contributed by atoms with Gasteiger partial charge in [0.05, 0.1) is 23.1 Å². The van der Waals surface area contributed by atoms with E-state index in [1.807, 2.05) is 0 Å². The van der Waals surface area contributed by atoms with Crippen molar-refractivity contribution in [3.05, 3.63) is 23.8 Å². The summed E-state index contributed by atoms with van der Waals surface area (Å²) < 4.78 is 72.2. The summed E-state index contributed by atoms with van der Waals surface area (Å²) in [6, 6.07) is -0.370. The average molecular weight is 382 g/mol. The molecular weight excluding hydrogens is 367 g/mol. The second-order valence-corrected chi connectivity index (χ2v) is 6.77. The molecule has 2 fully saturated rings. The van der Waals surface area contributed by atoms with Gasteiger partial charge >= 0.3 is 12.2 Å². The van der Waals surface area contributed by atoms with Gasteiger partial charge in [0.2, 0.25) is 0 Å². The van der Waals surface area contributed by atoms with Gasteiger partial charge in [-0.25, -0.2) is 13.6 Å². The van der Waals surface area contributed by atoms with Crippen LogP contribution in [-0.4, -0.2) is 36.7 Å². The maximum atomic E-state index is 13.7. The second kappa shape index (κ2) is 6.64. The zero-order valence-corrected chi connectivity index (χ0v) is 13.8. The van der Waals surface area contributed by atoms with Gasteiger partial charge in [0.25, 0.3) is 0 Å². The van der Waals surface area contributed by atoms with Crippen LogP contribution in [0.1, 0.15) is 12.8 Å². The van der Waals surface area contributed by atoms with Crippen LogP contribution in [0.3, 0.4) is 0 Å². The van der Waals surface area contributed by atoms with Crippen molar-refractivity contribution in [2.75, 3.05) is 11.6 Å². The van der Waals surface area contributed by atoms with Crippen molar-refractivity contribution in [3.8, 4) is 0 Å². The number of rotatable bonds is 3. The number of fused-ring (bicyclic) bond motifs is 2. The number of urea groups is 1. The first-order valence-corrected chi connectivity index (χ1v) is 8.76. The lowest BCUT2D eigenvalue weighted by Gasteiger charge is -2.30. The highest BCUT2D eigenvalue weighted by atomic mass is 32.2. The van der Waals surface area contributed by atoms with Crippen LogP contribution < -0.4 is 10.6 Å². The smallest absolute Gasteiger partial charge is 0.372 e. The van der Waals surface area contributed by atoms with E-state index in [0.717, 1.165) is 23.9 Å². The predicted molar refractivity (Wildman–Crippen MR) is 81.5 cm³/mol. The number of anilines is 1. The van der Waals surface area contributed by atoms with Gasteiger partial charge in [0.15, 0.2) is 0 Å². The first-order chi connectivity index (χ1) is 11.7. The molecule has 0 saturated carbocycles. The van der Waals surface area contributed by atoms with Crippen LogP contribution in [0.15, 0.2) is 17.0 Å². The number of carbonyl (C=O) groups excluding carboxylic acids is 1. The minimum atomic E-state index is -4.50. The number of thioether (sulfide) groups is 1. The van der Waals surface area contributed by atoms with Crippen molar-refractivity contribution in [1.82, 2.24) is 5.32 Å². The molecule has 10 heteroatoms. The van der Waals surface area contributed by atoms with Gasteiger partial charge in [0.1, 0.15) is 17.6 Å². The van der Waals surface area contributed by atoms with Crippen LogP contribution in [0.5, 0.6) is 0 Å². The zero-order chi connectivity index (χ0) is 18.4. The number of halogens is 5. The highest BCUT2D eigenvalue weighted by Gasteiger charge is 2.60. The molecule has 2 N–H and O–H groups in total. The monoisotopic (exact) mass is 382 g/mol. The summed E-state index contributed by atoms with van der Waals surface area (Å²) >= 11 is 0.867. The molecule has 2 aliphatic rings. The summed E-state index contributed by atoms with van der Waals surface area (Å²) in [7, 11) is 0. The molecule has 0 radical (unpaired) electrons. The summed E-state index contributed by atoms with van der Waals surface area (Å²) in [6.45, 7) is 0. The molecule has 4 atom stereocenters. The molecule has 0 aromatic heterocycles. The fourth-order valence-corrected chi connectivity index (χ4v) is 3.93. The number of ether oxygens (including phenoxy) is 1. The van der Waals surface area contributed by atoms with E-state index in [-0.39, 0.29) is 10.6 Å². The van der Waals surface area contributed by atoms with E-state index in [1.165, 1.54) is 6.26 Å². The Kier molecular flexibility index (Phi) is 4.84. The lowest BCUT2D eigenvalue weighted by Crippen LogP contribution is -2.52. The number of hydrogen-bond acceptors (Lipinski definition) is 3. The largest absolute Gasteiger partial charge is 0.396 e. The van der Waals surface area contributed by atoms with E-state index in [1.54, 1.807) is 0 Å². The minimum Gasteiger partial charge on any atom is -0.372 e. The van der Waals surface area contributed by atoms with Gasteiger partial charge < -0.3 is 15.4 Å². The fraction of sp³-hybridized carbons (Fsp3) is 0.533. The van der Waals surface area contributed by atoms with Gasteiger partial charge in [-0.15, -0.1) is 11.8 Å². The van der Waals surface area contributed by atoms with Crippen LogP contribution in [0.4, 0.5) is 32.4 Å². The molecule has 0 aliphatic carbocycles. The van der Waals surface area contributed by atoms with E-state index < -0.39 is 48.0 Å². The lowest BCUT2D eigenvalue weighted by atomic mass is 9.84. The number of nitrogens with one attached hydrogen (secondary N) is 2. The average Bonchev–Trinajstić information content (AvgIpc) is 3.06. The van der Waals surface area contributed by atoms with Crippen LogP contribution in [-0.2, 0) is 4.74 Å². The Labute approximate surface area is 144 Å². The molecule has 3 rings (SSSR count). The molecule has 4 nitrogen and oxygen atoms in total. The Morgan fingerprint density at radius 3 is 2.36 bits per heavy atom. The standard InChI is InChI=1S/C15H15F5N2O2S/c1-25-13-7(16)4-6(5-8(13)17)21-14(23)22-12-10-3-2-9(24-10)11(12)15(18,19)20/h4-5,9-12H,2-3H2,1H3,(H2,21,22,23)/t9-,10+,11-,12-/m0/s1. The number of alkyl halides is 3. The summed E-state index contributed by atoms with van der Waals surface area (Å²) in [6.07, 6.45) is -3.97. The van der Waals surface area contributed by atoms with Crippen LogP contribution >= 0.6 is 11.8 Å². The van der Waals surface area contributed by atoms with Gasteiger partial charge in [0, 0.05) is 5.69 Å². The Hall–Kier alpha value is -1.55. The Bertz CT molecular complexity index is 661. The molecule has 1 aromatic rings. The molecule has 2 aliphatic heterocycles. The summed E-state index contributed by atoms with van der Waals surface area (Å²) in [4.78, 5) is 11.8. The van der Waals surface area contributed by atoms with Gasteiger partial charge in [-0.2, -0.15) is 13.2 Å². The van der Waals surface area contributed by atoms with Gasteiger partial charge in [-0.3, -0.25) is 0 Å². The molecule has 2 amide bonds. The van der Waals surface area contributed by atoms with Crippen molar-refractivity contribution >= 4 is 23.5 Å². The molecule has 2 heterocycles. The normalized spacial score (nSPS) is 28.2.